The van der Waals surface area contributed by atoms with Gasteiger partial charge >= 0.3 is 0 Å². The lowest BCUT2D eigenvalue weighted by molar-refractivity contribution is 0.318. The van der Waals surface area contributed by atoms with E-state index in [2.05, 4.69) is 10.3 Å². The summed E-state index contributed by atoms with van der Waals surface area (Å²) in [6, 6.07) is 8.32. The van der Waals surface area contributed by atoms with Gasteiger partial charge in [0.05, 0.1) is 11.6 Å². The van der Waals surface area contributed by atoms with Crippen LogP contribution in [0.5, 0.6) is 5.75 Å². The number of nitrogens with one attached hydrogen (secondary N) is 1. The maximum Gasteiger partial charge on any atom is 0.169 e. The van der Waals surface area contributed by atoms with Crippen molar-refractivity contribution in [3.05, 3.63) is 52.9 Å². The lowest BCUT2D eigenvalue weighted by Gasteiger charge is -2.11. The van der Waals surface area contributed by atoms with Crippen LogP contribution in [0, 0.1) is 5.82 Å². The van der Waals surface area contributed by atoms with Crippen molar-refractivity contribution in [2.24, 2.45) is 0 Å². The van der Waals surface area contributed by atoms with Crippen molar-refractivity contribution in [1.82, 2.24) is 4.98 Å². The zero-order chi connectivity index (χ0) is 14.4. The van der Waals surface area contributed by atoms with Crippen LogP contribution >= 0.6 is 11.6 Å². The van der Waals surface area contributed by atoms with E-state index in [0.29, 0.717) is 24.7 Å². The molecule has 1 aromatic heterocycles. The standard InChI is InChI=1S/C15H16ClFN2O/c1-2-8-20-14-4-3-7-18-15(14)19-10-11-5-6-13(17)12(16)9-11/h3-7,9H,2,8,10H2,1H3,(H,18,19). The molecule has 1 aromatic carbocycles. The molecule has 0 fully saturated rings. The molecule has 2 aromatic rings. The van der Waals surface area contributed by atoms with Crippen molar-refractivity contribution in [1.29, 1.82) is 0 Å². The Morgan fingerprint density at radius 1 is 1.35 bits per heavy atom. The zero-order valence-electron chi connectivity index (χ0n) is 11.2. The molecular weight excluding hydrogens is 279 g/mol. The van der Waals surface area contributed by atoms with E-state index >= 15 is 0 Å². The zero-order valence-corrected chi connectivity index (χ0v) is 12.0. The first-order chi connectivity index (χ1) is 9.70. The molecule has 20 heavy (non-hydrogen) atoms. The third-order valence-electron chi connectivity index (χ3n) is 2.68. The summed E-state index contributed by atoms with van der Waals surface area (Å²) in [4.78, 5) is 4.24. The summed E-state index contributed by atoms with van der Waals surface area (Å²) < 4.78 is 18.7. The second-order valence-electron chi connectivity index (χ2n) is 4.30. The molecule has 1 heterocycles. The molecule has 0 aliphatic heterocycles. The third-order valence-corrected chi connectivity index (χ3v) is 2.97. The Hall–Kier alpha value is -1.81. The molecule has 0 bridgehead atoms. The van der Waals surface area contributed by atoms with Crippen molar-refractivity contribution in [3.8, 4) is 5.75 Å². The van der Waals surface area contributed by atoms with Crippen molar-refractivity contribution in [2.75, 3.05) is 11.9 Å². The van der Waals surface area contributed by atoms with E-state index < -0.39 is 5.82 Å². The highest BCUT2D eigenvalue weighted by Crippen LogP contribution is 2.22. The Labute approximate surface area is 122 Å². The summed E-state index contributed by atoms with van der Waals surface area (Å²) in [7, 11) is 0. The number of rotatable bonds is 6. The molecule has 0 radical (unpaired) electrons. The smallest absolute Gasteiger partial charge is 0.169 e. The Bertz CT molecular complexity index is 578. The van der Waals surface area contributed by atoms with Gasteiger partial charge in [-0.2, -0.15) is 0 Å². The summed E-state index contributed by atoms with van der Waals surface area (Å²) in [6.07, 6.45) is 2.63. The van der Waals surface area contributed by atoms with Gasteiger partial charge in [0.2, 0.25) is 0 Å². The molecule has 0 atom stereocenters. The van der Waals surface area contributed by atoms with Crippen molar-refractivity contribution in [2.45, 2.75) is 19.9 Å². The number of halogens is 2. The van der Waals surface area contributed by atoms with E-state index in [9.17, 15) is 4.39 Å². The summed E-state index contributed by atoms with van der Waals surface area (Å²) >= 11 is 5.75. The quantitative estimate of drug-likeness (QED) is 0.863. The Kier molecular flexibility index (Phi) is 5.18. The average Bonchev–Trinajstić information content (AvgIpc) is 2.47. The van der Waals surface area contributed by atoms with E-state index in [1.165, 1.54) is 6.07 Å². The predicted molar refractivity (Wildman–Crippen MR) is 78.8 cm³/mol. The lowest BCUT2D eigenvalue weighted by Crippen LogP contribution is -2.05. The minimum atomic E-state index is -0.416. The van der Waals surface area contributed by atoms with Crippen LogP contribution in [0.25, 0.3) is 0 Å². The number of hydrogen-bond donors (Lipinski definition) is 1. The third kappa shape index (κ3) is 3.84. The summed E-state index contributed by atoms with van der Waals surface area (Å²) in [5.74, 6) is 0.962. The first kappa shape index (κ1) is 14.6. The van der Waals surface area contributed by atoms with Crippen LogP contribution in [0.1, 0.15) is 18.9 Å². The van der Waals surface area contributed by atoms with E-state index in [4.69, 9.17) is 16.3 Å². The highest BCUT2D eigenvalue weighted by Gasteiger charge is 2.05. The van der Waals surface area contributed by atoms with Gasteiger partial charge in [0.1, 0.15) is 5.82 Å². The molecule has 0 unspecified atom stereocenters. The van der Waals surface area contributed by atoms with Crippen LogP contribution in [0.2, 0.25) is 5.02 Å². The number of ether oxygens (including phenoxy) is 1. The number of anilines is 1. The molecule has 0 amide bonds. The van der Waals surface area contributed by atoms with Gasteiger partial charge < -0.3 is 10.1 Å². The molecule has 0 spiro atoms. The highest BCUT2D eigenvalue weighted by atomic mass is 35.5. The van der Waals surface area contributed by atoms with Crippen LogP contribution in [-0.4, -0.2) is 11.6 Å². The molecule has 0 saturated heterocycles. The molecule has 106 valence electrons. The van der Waals surface area contributed by atoms with Crippen molar-refractivity contribution >= 4 is 17.4 Å². The first-order valence-corrected chi connectivity index (χ1v) is 6.84. The first-order valence-electron chi connectivity index (χ1n) is 6.46. The highest BCUT2D eigenvalue weighted by molar-refractivity contribution is 6.30. The molecule has 0 aliphatic carbocycles. The minimum absolute atomic E-state index is 0.118. The second-order valence-corrected chi connectivity index (χ2v) is 4.71. The summed E-state index contributed by atoms with van der Waals surface area (Å²) in [5.41, 5.74) is 0.878. The van der Waals surface area contributed by atoms with E-state index in [1.807, 2.05) is 19.1 Å². The lowest BCUT2D eigenvalue weighted by atomic mass is 10.2. The fraction of sp³-hybridized carbons (Fsp3) is 0.267. The molecule has 5 heteroatoms. The van der Waals surface area contributed by atoms with Gasteiger partial charge in [-0.15, -0.1) is 0 Å². The Morgan fingerprint density at radius 2 is 2.20 bits per heavy atom. The Balaban J connectivity index is 2.04. The minimum Gasteiger partial charge on any atom is -0.490 e. The fourth-order valence-electron chi connectivity index (χ4n) is 1.69. The number of benzene rings is 1. The monoisotopic (exact) mass is 294 g/mol. The van der Waals surface area contributed by atoms with Gasteiger partial charge in [0, 0.05) is 12.7 Å². The molecule has 0 aliphatic rings. The summed E-state index contributed by atoms with van der Waals surface area (Å²) in [5, 5.41) is 3.29. The maximum absolute atomic E-state index is 13.1. The second kappa shape index (κ2) is 7.10. The van der Waals surface area contributed by atoms with Crippen LogP contribution in [0.15, 0.2) is 36.5 Å². The number of aromatic nitrogens is 1. The topological polar surface area (TPSA) is 34.1 Å². The van der Waals surface area contributed by atoms with Crippen LogP contribution in [0.4, 0.5) is 10.2 Å². The number of pyridine rings is 1. The number of nitrogens with zero attached hydrogens (tertiary/aromatic N) is 1. The molecular formula is C15H16ClFN2O. The van der Waals surface area contributed by atoms with E-state index in [1.54, 1.807) is 18.3 Å². The predicted octanol–water partition coefficient (Wildman–Crippen LogP) is 4.28. The Morgan fingerprint density at radius 3 is 2.95 bits per heavy atom. The van der Waals surface area contributed by atoms with Gasteiger partial charge in [-0.3, -0.25) is 0 Å². The molecule has 3 nitrogen and oxygen atoms in total. The van der Waals surface area contributed by atoms with Crippen LogP contribution < -0.4 is 10.1 Å². The number of hydrogen-bond acceptors (Lipinski definition) is 3. The van der Waals surface area contributed by atoms with Crippen LogP contribution in [-0.2, 0) is 6.54 Å². The normalized spacial score (nSPS) is 10.3. The van der Waals surface area contributed by atoms with Gasteiger partial charge in [-0.1, -0.05) is 24.6 Å². The average molecular weight is 295 g/mol. The van der Waals surface area contributed by atoms with Gasteiger partial charge in [0.25, 0.3) is 0 Å². The van der Waals surface area contributed by atoms with Crippen molar-refractivity contribution in [3.63, 3.8) is 0 Å². The molecule has 2 rings (SSSR count). The summed E-state index contributed by atoms with van der Waals surface area (Å²) in [6.45, 7) is 3.19. The molecule has 1 N–H and O–H groups in total. The van der Waals surface area contributed by atoms with E-state index in [-0.39, 0.29) is 5.02 Å². The maximum atomic E-state index is 13.1. The van der Waals surface area contributed by atoms with Gasteiger partial charge in [-0.25, -0.2) is 9.37 Å². The van der Waals surface area contributed by atoms with Crippen LogP contribution in [0.3, 0.4) is 0 Å². The van der Waals surface area contributed by atoms with Gasteiger partial charge in [-0.05, 0) is 36.2 Å². The largest absolute Gasteiger partial charge is 0.490 e. The van der Waals surface area contributed by atoms with E-state index in [0.717, 1.165) is 12.0 Å². The van der Waals surface area contributed by atoms with Gasteiger partial charge in [0.15, 0.2) is 11.6 Å². The van der Waals surface area contributed by atoms with Crippen molar-refractivity contribution < 1.29 is 9.13 Å². The fourth-order valence-corrected chi connectivity index (χ4v) is 1.89. The molecule has 0 saturated carbocycles. The SMILES string of the molecule is CCCOc1cccnc1NCc1ccc(F)c(Cl)c1.